The van der Waals surface area contributed by atoms with Crippen molar-refractivity contribution in [2.45, 2.75) is 18.2 Å². The van der Waals surface area contributed by atoms with Crippen LogP contribution in [0, 0.1) is 0 Å². The fraction of sp³-hybridized carbons (Fsp3) is 0.235. The zero-order valence-electron chi connectivity index (χ0n) is 13.7. The molecule has 1 N–H and O–H groups in total. The molecule has 0 aliphatic carbocycles. The number of rotatable bonds is 7. The Hall–Kier alpha value is -1.31. The maximum absolute atomic E-state index is 12.6. The number of ether oxygens (including phenoxy) is 1. The summed E-state index contributed by atoms with van der Waals surface area (Å²) in [4.78, 5) is 11.7. The average molecular weight is 437 g/mol. The number of hydrogen-bond donors (Lipinski definition) is 1. The molecule has 140 valence electrons. The molecule has 0 saturated heterocycles. The lowest BCUT2D eigenvalue weighted by molar-refractivity contribution is -0.141. The smallest absolute Gasteiger partial charge is 0.307 e. The summed E-state index contributed by atoms with van der Waals surface area (Å²) in [5, 5.41) is 0.940. The molecule has 2 rings (SSSR count). The van der Waals surface area contributed by atoms with Gasteiger partial charge in [-0.15, -0.1) is 0 Å². The lowest BCUT2D eigenvalue weighted by atomic mass is 10.1. The van der Waals surface area contributed by atoms with Crippen LogP contribution in [0.25, 0.3) is 0 Å². The van der Waals surface area contributed by atoms with E-state index >= 15 is 0 Å². The van der Waals surface area contributed by atoms with E-state index in [4.69, 9.17) is 34.8 Å². The third kappa shape index (κ3) is 5.86. The van der Waals surface area contributed by atoms with E-state index in [1.54, 1.807) is 30.3 Å². The van der Waals surface area contributed by atoms with Gasteiger partial charge in [-0.25, -0.2) is 13.1 Å². The maximum Gasteiger partial charge on any atom is 0.307 e. The number of carbonyl (C=O) groups excluding carboxylic acids is 1. The van der Waals surface area contributed by atoms with E-state index in [1.165, 1.54) is 19.2 Å². The average Bonchev–Trinajstić information content (AvgIpc) is 2.57. The monoisotopic (exact) mass is 435 g/mol. The summed E-state index contributed by atoms with van der Waals surface area (Å²) in [6, 6.07) is 10.4. The van der Waals surface area contributed by atoms with Crippen molar-refractivity contribution >= 4 is 50.8 Å². The normalized spacial score (nSPS) is 12.6. The van der Waals surface area contributed by atoms with Gasteiger partial charge in [-0.05, 0) is 29.3 Å². The zero-order chi connectivity index (χ0) is 19.3. The summed E-state index contributed by atoms with van der Waals surface area (Å²) in [6.45, 7) is 0. The number of carbonyl (C=O) groups is 1. The Kier molecular flexibility index (Phi) is 7.32. The van der Waals surface area contributed by atoms with Gasteiger partial charge in [0.15, 0.2) is 0 Å². The topological polar surface area (TPSA) is 72.5 Å². The second kappa shape index (κ2) is 9.06. The van der Waals surface area contributed by atoms with E-state index in [1.807, 2.05) is 0 Å². The first-order valence-corrected chi connectivity index (χ1v) is 10.3. The van der Waals surface area contributed by atoms with E-state index in [-0.39, 0.29) is 17.2 Å². The summed E-state index contributed by atoms with van der Waals surface area (Å²) in [7, 11) is -2.57. The quantitative estimate of drug-likeness (QED) is 0.654. The molecule has 5 nitrogen and oxygen atoms in total. The highest BCUT2D eigenvalue weighted by Gasteiger charge is 2.24. The molecule has 2 aromatic carbocycles. The van der Waals surface area contributed by atoms with Crippen LogP contribution in [-0.2, 0) is 25.3 Å². The van der Waals surface area contributed by atoms with E-state index in [0.717, 1.165) is 0 Å². The number of esters is 1. The Labute approximate surface area is 167 Å². The molecule has 0 amide bonds. The minimum Gasteiger partial charge on any atom is -0.469 e. The summed E-state index contributed by atoms with van der Waals surface area (Å²) >= 11 is 17.9. The number of halogens is 3. The van der Waals surface area contributed by atoms with Crippen molar-refractivity contribution in [3.8, 4) is 0 Å². The Morgan fingerprint density at radius 3 is 2.38 bits per heavy atom. The highest BCUT2D eigenvalue weighted by atomic mass is 35.5. The molecular formula is C17H16Cl3NO4S. The molecule has 1 atom stereocenters. The SMILES string of the molecule is COC(=O)CC(NS(=O)(=O)Cc1ccc(Cl)c(Cl)c1)c1ccccc1Cl. The molecule has 0 aromatic heterocycles. The summed E-state index contributed by atoms with van der Waals surface area (Å²) < 4.78 is 32.3. The molecule has 0 fully saturated rings. The number of hydrogen-bond acceptors (Lipinski definition) is 4. The number of sulfonamides is 1. The minimum absolute atomic E-state index is 0.194. The van der Waals surface area contributed by atoms with Crippen LogP contribution in [0.15, 0.2) is 42.5 Å². The Bertz CT molecular complexity index is 903. The predicted octanol–water partition coefficient (Wildman–Crippen LogP) is 4.37. The van der Waals surface area contributed by atoms with Crippen LogP contribution < -0.4 is 4.72 Å². The van der Waals surface area contributed by atoms with Crippen LogP contribution in [0.5, 0.6) is 0 Å². The fourth-order valence-electron chi connectivity index (χ4n) is 2.33. The van der Waals surface area contributed by atoms with Crippen molar-refractivity contribution in [1.29, 1.82) is 0 Å². The van der Waals surface area contributed by atoms with E-state index in [0.29, 0.717) is 21.2 Å². The first kappa shape index (κ1) is 21.0. The van der Waals surface area contributed by atoms with Crippen molar-refractivity contribution in [3.63, 3.8) is 0 Å². The summed E-state index contributed by atoms with van der Waals surface area (Å²) in [5.41, 5.74) is 0.945. The lowest BCUT2D eigenvalue weighted by Crippen LogP contribution is -2.31. The highest BCUT2D eigenvalue weighted by molar-refractivity contribution is 7.88. The third-order valence-electron chi connectivity index (χ3n) is 3.54. The van der Waals surface area contributed by atoms with Crippen molar-refractivity contribution in [1.82, 2.24) is 4.72 Å². The van der Waals surface area contributed by atoms with Crippen LogP contribution in [0.3, 0.4) is 0 Å². The molecule has 9 heteroatoms. The van der Waals surface area contributed by atoms with Crippen LogP contribution >= 0.6 is 34.8 Å². The number of methoxy groups -OCH3 is 1. The molecule has 0 saturated carbocycles. The molecule has 0 aliphatic rings. The van der Waals surface area contributed by atoms with Crippen molar-refractivity contribution in [2.24, 2.45) is 0 Å². The van der Waals surface area contributed by atoms with Crippen LogP contribution in [-0.4, -0.2) is 21.5 Å². The first-order valence-electron chi connectivity index (χ1n) is 7.47. The van der Waals surface area contributed by atoms with Gasteiger partial charge in [0.2, 0.25) is 10.0 Å². The van der Waals surface area contributed by atoms with E-state index < -0.39 is 22.0 Å². The number of benzene rings is 2. The van der Waals surface area contributed by atoms with Gasteiger partial charge < -0.3 is 4.74 Å². The maximum atomic E-state index is 12.6. The van der Waals surface area contributed by atoms with Gasteiger partial charge in [0.1, 0.15) is 0 Å². The molecule has 0 spiro atoms. The predicted molar refractivity (Wildman–Crippen MR) is 103 cm³/mol. The Balaban J connectivity index is 2.26. The van der Waals surface area contributed by atoms with Gasteiger partial charge in [-0.1, -0.05) is 59.1 Å². The highest BCUT2D eigenvalue weighted by Crippen LogP contribution is 2.27. The Morgan fingerprint density at radius 1 is 1.08 bits per heavy atom. The molecule has 0 heterocycles. The molecule has 0 aliphatic heterocycles. The standard InChI is InChI=1S/C17H16Cl3NO4S/c1-25-17(22)9-16(12-4-2-3-5-13(12)18)21-26(23,24)10-11-6-7-14(19)15(20)8-11/h2-8,16,21H,9-10H2,1H3. The van der Waals surface area contributed by atoms with Crippen LogP contribution in [0.2, 0.25) is 15.1 Å². The number of nitrogens with one attached hydrogen (secondary N) is 1. The van der Waals surface area contributed by atoms with Gasteiger partial charge in [0.05, 0.1) is 35.4 Å². The van der Waals surface area contributed by atoms with Gasteiger partial charge in [-0.2, -0.15) is 0 Å². The van der Waals surface area contributed by atoms with Crippen molar-refractivity contribution < 1.29 is 17.9 Å². The molecule has 1 unspecified atom stereocenters. The molecule has 0 bridgehead atoms. The van der Waals surface area contributed by atoms with E-state index in [2.05, 4.69) is 9.46 Å². The van der Waals surface area contributed by atoms with Gasteiger partial charge in [-0.3, -0.25) is 4.79 Å². The van der Waals surface area contributed by atoms with Gasteiger partial charge in [0.25, 0.3) is 0 Å². The van der Waals surface area contributed by atoms with Gasteiger partial charge in [0, 0.05) is 5.02 Å². The van der Waals surface area contributed by atoms with Crippen molar-refractivity contribution in [2.75, 3.05) is 7.11 Å². The van der Waals surface area contributed by atoms with Crippen LogP contribution in [0.4, 0.5) is 0 Å². The molecular weight excluding hydrogens is 421 g/mol. The third-order valence-corrected chi connectivity index (χ3v) is 5.98. The van der Waals surface area contributed by atoms with Gasteiger partial charge >= 0.3 is 5.97 Å². The summed E-state index contributed by atoms with van der Waals surface area (Å²) in [6.07, 6.45) is -0.194. The van der Waals surface area contributed by atoms with Crippen LogP contribution in [0.1, 0.15) is 23.6 Å². The second-order valence-electron chi connectivity index (χ2n) is 5.48. The molecule has 2 aromatic rings. The molecule has 26 heavy (non-hydrogen) atoms. The first-order chi connectivity index (χ1) is 12.2. The van der Waals surface area contributed by atoms with E-state index in [9.17, 15) is 13.2 Å². The Morgan fingerprint density at radius 2 is 1.77 bits per heavy atom. The fourth-order valence-corrected chi connectivity index (χ4v) is 4.26. The summed E-state index contributed by atoms with van der Waals surface area (Å²) in [5.74, 6) is -0.890. The second-order valence-corrected chi connectivity index (χ2v) is 8.46. The molecule has 0 radical (unpaired) electrons. The minimum atomic E-state index is -3.80. The lowest BCUT2D eigenvalue weighted by Gasteiger charge is -2.19. The zero-order valence-corrected chi connectivity index (χ0v) is 16.8. The van der Waals surface area contributed by atoms with Crippen molar-refractivity contribution in [3.05, 3.63) is 68.7 Å². The largest absolute Gasteiger partial charge is 0.469 e.